The van der Waals surface area contributed by atoms with E-state index < -0.39 is 12.2 Å². The zero-order valence-corrected chi connectivity index (χ0v) is 12.6. The van der Waals surface area contributed by atoms with E-state index in [1.54, 1.807) is 12.1 Å². The van der Waals surface area contributed by atoms with Gasteiger partial charge in [0.2, 0.25) is 0 Å². The topological polar surface area (TPSA) is 49.7 Å². The molecule has 0 radical (unpaired) electrons. The minimum atomic E-state index is -0.855. The lowest BCUT2D eigenvalue weighted by molar-refractivity contribution is 0.0173. The van der Waals surface area contributed by atoms with E-state index in [0.29, 0.717) is 17.3 Å². The van der Waals surface area contributed by atoms with Crippen LogP contribution in [0.15, 0.2) is 24.3 Å². The van der Waals surface area contributed by atoms with E-state index >= 15 is 0 Å². The number of aliphatic hydroxyl groups is 2. The molecule has 2 N–H and O–H groups in total. The lowest BCUT2D eigenvalue weighted by atomic mass is 10.0. The number of benzene rings is 1. The Hall–Kier alpha value is -0.580. The van der Waals surface area contributed by atoms with Crippen molar-refractivity contribution in [1.29, 1.82) is 0 Å². The fourth-order valence-electron chi connectivity index (χ4n) is 1.58. The molecule has 4 heteroatoms. The Balaban J connectivity index is 2.70. The highest BCUT2D eigenvalue weighted by Gasteiger charge is 2.18. The van der Waals surface area contributed by atoms with Crippen molar-refractivity contribution in [2.45, 2.75) is 45.0 Å². The van der Waals surface area contributed by atoms with Crippen LogP contribution in [0.4, 0.5) is 0 Å². The van der Waals surface area contributed by atoms with Crippen LogP contribution < -0.4 is 4.74 Å². The lowest BCUT2D eigenvalue weighted by Gasteiger charge is -2.22. The van der Waals surface area contributed by atoms with E-state index in [-0.39, 0.29) is 5.60 Å². The van der Waals surface area contributed by atoms with Gasteiger partial charge in [0.15, 0.2) is 0 Å². The molecule has 0 fully saturated rings. The highest BCUT2D eigenvalue weighted by atomic mass is 79.9. The first-order valence-electron chi connectivity index (χ1n) is 6.04. The lowest BCUT2D eigenvalue weighted by Crippen LogP contribution is -2.23. The van der Waals surface area contributed by atoms with Crippen LogP contribution in [0.25, 0.3) is 0 Å². The fraction of sp³-hybridized carbons (Fsp3) is 0.571. The van der Waals surface area contributed by atoms with Crippen molar-refractivity contribution in [1.82, 2.24) is 0 Å². The van der Waals surface area contributed by atoms with Gasteiger partial charge in [-0.25, -0.2) is 0 Å². The molecule has 1 rings (SSSR count). The molecular formula is C14H21BrO3. The third kappa shape index (κ3) is 4.96. The Kier molecular flexibility index (Phi) is 5.63. The van der Waals surface area contributed by atoms with E-state index in [2.05, 4.69) is 15.9 Å². The zero-order chi connectivity index (χ0) is 13.8. The molecule has 102 valence electrons. The summed E-state index contributed by atoms with van der Waals surface area (Å²) in [6, 6.07) is 7.18. The monoisotopic (exact) mass is 316 g/mol. The quantitative estimate of drug-likeness (QED) is 0.821. The second-order valence-electron chi connectivity index (χ2n) is 5.27. The summed E-state index contributed by atoms with van der Waals surface area (Å²) in [4.78, 5) is 0. The van der Waals surface area contributed by atoms with Gasteiger partial charge in [-0.15, -0.1) is 0 Å². The summed E-state index contributed by atoms with van der Waals surface area (Å²) in [6.45, 7) is 5.94. The number of aliphatic hydroxyl groups excluding tert-OH is 2. The number of hydrogen-bond donors (Lipinski definition) is 2. The Bertz CT molecular complexity index is 356. The molecule has 0 heterocycles. The number of halogens is 1. The minimum absolute atomic E-state index is 0.240. The van der Waals surface area contributed by atoms with Gasteiger partial charge >= 0.3 is 0 Å². The van der Waals surface area contributed by atoms with Crippen LogP contribution in [0.2, 0.25) is 0 Å². The molecule has 0 bridgehead atoms. The second kappa shape index (κ2) is 6.55. The SMILES string of the molecule is CC(C)(C)Oc1ccc(C(O)C(O)CCBr)cc1. The molecule has 0 aliphatic carbocycles. The van der Waals surface area contributed by atoms with Crippen LogP contribution in [0.3, 0.4) is 0 Å². The number of hydrogen-bond acceptors (Lipinski definition) is 3. The van der Waals surface area contributed by atoms with Gasteiger partial charge in [-0.05, 0) is 44.9 Å². The van der Waals surface area contributed by atoms with Crippen molar-refractivity contribution in [3.8, 4) is 5.75 Å². The van der Waals surface area contributed by atoms with Crippen LogP contribution in [-0.4, -0.2) is 27.2 Å². The third-order valence-corrected chi connectivity index (χ3v) is 2.87. The second-order valence-corrected chi connectivity index (χ2v) is 6.07. The van der Waals surface area contributed by atoms with E-state index in [9.17, 15) is 10.2 Å². The van der Waals surface area contributed by atoms with Crippen molar-refractivity contribution < 1.29 is 14.9 Å². The standard InChI is InChI=1S/C14H21BrO3/c1-14(2,3)18-11-6-4-10(5-7-11)13(17)12(16)8-9-15/h4-7,12-13,16-17H,8-9H2,1-3H3. The van der Waals surface area contributed by atoms with E-state index in [1.807, 2.05) is 32.9 Å². The maximum absolute atomic E-state index is 9.93. The van der Waals surface area contributed by atoms with Gasteiger partial charge in [0, 0.05) is 5.33 Å². The molecular weight excluding hydrogens is 296 g/mol. The number of alkyl halides is 1. The van der Waals surface area contributed by atoms with Crippen molar-refractivity contribution in [3.63, 3.8) is 0 Å². The largest absolute Gasteiger partial charge is 0.488 e. The van der Waals surface area contributed by atoms with Gasteiger partial charge in [0.05, 0.1) is 6.10 Å². The molecule has 0 spiro atoms. The normalized spacial score (nSPS) is 15.2. The van der Waals surface area contributed by atoms with Crippen molar-refractivity contribution in [2.24, 2.45) is 0 Å². The first-order valence-corrected chi connectivity index (χ1v) is 7.17. The fourth-order valence-corrected chi connectivity index (χ4v) is 2.05. The third-order valence-electron chi connectivity index (χ3n) is 2.41. The van der Waals surface area contributed by atoms with E-state index in [4.69, 9.17) is 4.74 Å². The summed E-state index contributed by atoms with van der Waals surface area (Å²) in [6.07, 6.45) is -1.09. The van der Waals surface area contributed by atoms with E-state index in [0.717, 1.165) is 5.75 Å². The van der Waals surface area contributed by atoms with Crippen LogP contribution >= 0.6 is 15.9 Å². The average Bonchev–Trinajstić information content (AvgIpc) is 2.27. The van der Waals surface area contributed by atoms with Crippen molar-refractivity contribution in [3.05, 3.63) is 29.8 Å². The predicted molar refractivity (Wildman–Crippen MR) is 76.2 cm³/mol. The molecule has 2 atom stereocenters. The summed E-state index contributed by atoms with van der Waals surface area (Å²) in [5.41, 5.74) is 0.458. The van der Waals surface area contributed by atoms with Crippen molar-refractivity contribution in [2.75, 3.05) is 5.33 Å². The molecule has 0 saturated carbocycles. The van der Waals surface area contributed by atoms with Gasteiger partial charge in [-0.1, -0.05) is 28.1 Å². The van der Waals surface area contributed by atoms with Gasteiger partial charge in [-0.2, -0.15) is 0 Å². The Morgan fingerprint density at radius 3 is 2.17 bits per heavy atom. The number of ether oxygens (including phenoxy) is 1. The van der Waals surface area contributed by atoms with Crippen LogP contribution in [0.1, 0.15) is 38.9 Å². The Morgan fingerprint density at radius 2 is 1.72 bits per heavy atom. The predicted octanol–water partition coefficient (Wildman–Crippen LogP) is 3.04. The smallest absolute Gasteiger partial charge is 0.120 e. The molecule has 18 heavy (non-hydrogen) atoms. The Labute approximate surface area is 117 Å². The molecule has 2 unspecified atom stereocenters. The molecule has 0 aromatic heterocycles. The summed E-state index contributed by atoms with van der Waals surface area (Å²) < 4.78 is 5.69. The maximum Gasteiger partial charge on any atom is 0.120 e. The van der Waals surface area contributed by atoms with Crippen molar-refractivity contribution >= 4 is 15.9 Å². The summed E-state index contributed by atoms with van der Waals surface area (Å²) >= 11 is 3.24. The minimum Gasteiger partial charge on any atom is -0.488 e. The molecule has 0 amide bonds. The average molecular weight is 317 g/mol. The highest BCUT2D eigenvalue weighted by Crippen LogP contribution is 2.24. The first-order chi connectivity index (χ1) is 8.33. The van der Waals surface area contributed by atoms with Gasteiger partial charge < -0.3 is 14.9 Å². The molecule has 1 aromatic rings. The molecule has 0 aliphatic heterocycles. The van der Waals surface area contributed by atoms with Crippen LogP contribution in [0.5, 0.6) is 5.75 Å². The summed E-state index contributed by atoms with van der Waals surface area (Å²) in [5, 5.41) is 20.3. The molecule has 3 nitrogen and oxygen atoms in total. The summed E-state index contributed by atoms with van der Waals surface area (Å²) in [5.74, 6) is 0.758. The van der Waals surface area contributed by atoms with Crippen LogP contribution in [-0.2, 0) is 0 Å². The van der Waals surface area contributed by atoms with E-state index in [1.165, 1.54) is 0 Å². The Morgan fingerprint density at radius 1 is 1.17 bits per heavy atom. The van der Waals surface area contributed by atoms with Crippen LogP contribution in [0, 0.1) is 0 Å². The van der Waals surface area contributed by atoms with Gasteiger partial charge in [0.1, 0.15) is 17.5 Å². The van der Waals surface area contributed by atoms with Gasteiger partial charge in [0.25, 0.3) is 0 Å². The maximum atomic E-state index is 9.93. The first kappa shape index (κ1) is 15.5. The molecule has 0 aliphatic rings. The van der Waals surface area contributed by atoms with Gasteiger partial charge in [-0.3, -0.25) is 0 Å². The molecule has 0 saturated heterocycles. The molecule has 1 aromatic carbocycles. The zero-order valence-electron chi connectivity index (χ0n) is 11.1. The highest BCUT2D eigenvalue weighted by molar-refractivity contribution is 9.09. The number of rotatable bonds is 5. The summed E-state index contributed by atoms with van der Waals surface area (Å²) in [7, 11) is 0.